The molecule has 2 N–H and O–H groups in total. The summed E-state index contributed by atoms with van der Waals surface area (Å²) < 4.78 is 0. The minimum atomic E-state index is -0.0973. The smallest absolute Gasteiger partial charge is 0.0579 e. The van der Waals surface area contributed by atoms with E-state index < -0.39 is 0 Å². The molecule has 3 unspecified atom stereocenters. The Hall–Kier alpha value is 0.270. The van der Waals surface area contributed by atoms with Crippen LogP contribution in [0.4, 0.5) is 0 Å². The first-order chi connectivity index (χ1) is 6.79. The maximum atomic E-state index is 9.89. The van der Waals surface area contributed by atoms with Crippen molar-refractivity contribution in [2.45, 2.75) is 50.4 Å². The largest absolute Gasteiger partial charge is 0.396 e. The number of hydrogen-bond acceptors (Lipinski definition) is 3. The Morgan fingerprint density at radius 1 is 1.36 bits per heavy atom. The number of aliphatic hydroxyl groups excluding tert-OH is 2. The first-order valence-electron chi connectivity index (χ1n) is 5.70. The molecule has 0 aromatic carbocycles. The fraction of sp³-hybridized carbons (Fsp3) is 1.00. The zero-order valence-electron chi connectivity index (χ0n) is 8.98. The van der Waals surface area contributed by atoms with Crippen LogP contribution in [0, 0.1) is 5.92 Å². The summed E-state index contributed by atoms with van der Waals surface area (Å²) in [5.74, 6) is 1.27. The maximum absolute atomic E-state index is 9.89. The van der Waals surface area contributed by atoms with Crippen LogP contribution in [0.5, 0.6) is 0 Å². The molecule has 0 spiro atoms. The van der Waals surface area contributed by atoms with Gasteiger partial charge in [0.15, 0.2) is 0 Å². The molecule has 0 aliphatic heterocycles. The second kappa shape index (κ2) is 6.70. The van der Waals surface area contributed by atoms with E-state index in [2.05, 4.69) is 6.92 Å². The van der Waals surface area contributed by atoms with E-state index in [0.29, 0.717) is 11.2 Å². The molecule has 3 heteroatoms. The zero-order chi connectivity index (χ0) is 10.4. The Labute approximate surface area is 91.1 Å². The van der Waals surface area contributed by atoms with Crippen LogP contribution < -0.4 is 0 Å². The van der Waals surface area contributed by atoms with Gasteiger partial charge in [-0.2, -0.15) is 11.8 Å². The number of hydrogen-bond donors (Lipinski definition) is 2. The van der Waals surface area contributed by atoms with Crippen LogP contribution in [0.15, 0.2) is 0 Å². The van der Waals surface area contributed by atoms with E-state index in [1.807, 2.05) is 11.8 Å². The molecule has 1 saturated carbocycles. The average Bonchev–Trinajstić information content (AvgIpc) is 2.21. The Morgan fingerprint density at radius 2 is 2.07 bits per heavy atom. The van der Waals surface area contributed by atoms with Gasteiger partial charge < -0.3 is 10.2 Å². The monoisotopic (exact) mass is 218 g/mol. The lowest BCUT2D eigenvalue weighted by Crippen LogP contribution is -2.32. The molecular weight excluding hydrogens is 196 g/mol. The highest BCUT2D eigenvalue weighted by atomic mass is 32.2. The van der Waals surface area contributed by atoms with E-state index in [1.54, 1.807) is 0 Å². The molecule has 0 aromatic heterocycles. The lowest BCUT2D eigenvalue weighted by atomic mass is 9.83. The Morgan fingerprint density at radius 3 is 2.64 bits per heavy atom. The van der Waals surface area contributed by atoms with E-state index in [9.17, 15) is 5.11 Å². The van der Waals surface area contributed by atoms with Gasteiger partial charge in [0, 0.05) is 11.0 Å². The summed E-state index contributed by atoms with van der Waals surface area (Å²) in [7, 11) is 0. The molecule has 1 fully saturated rings. The summed E-state index contributed by atoms with van der Waals surface area (Å²) in [5.41, 5.74) is 0. The van der Waals surface area contributed by atoms with Gasteiger partial charge in [-0.15, -0.1) is 0 Å². The third-order valence-corrected chi connectivity index (χ3v) is 4.61. The predicted molar refractivity (Wildman–Crippen MR) is 61.6 cm³/mol. The molecule has 0 saturated heterocycles. The molecule has 0 heterocycles. The predicted octanol–water partition coefficient (Wildman–Crippen LogP) is 2.04. The molecule has 14 heavy (non-hydrogen) atoms. The van der Waals surface area contributed by atoms with Gasteiger partial charge in [0.1, 0.15) is 0 Å². The van der Waals surface area contributed by atoms with Crippen molar-refractivity contribution in [1.29, 1.82) is 0 Å². The van der Waals surface area contributed by atoms with Gasteiger partial charge in [-0.25, -0.2) is 0 Å². The van der Waals surface area contributed by atoms with Crippen LogP contribution in [-0.2, 0) is 0 Å². The Balaban J connectivity index is 2.40. The van der Waals surface area contributed by atoms with Crippen LogP contribution in [0.3, 0.4) is 0 Å². The van der Waals surface area contributed by atoms with Gasteiger partial charge in [-0.1, -0.05) is 19.8 Å². The zero-order valence-corrected chi connectivity index (χ0v) is 9.80. The third-order valence-electron chi connectivity index (χ3n) is 3.08. The molecule has 0 bridgehead atoms. The highest BCUT2D eigenvalue weighted by Gasteiger charge is 2.29. The third kappa shape index (κ3) is 3.44. The fourth-order valence-electron chi connectivity index (χ4n) is 2.32. The lowest BCUT2D eigenvalue weighted by molar-refractivity contribution is 0.0680. The number of thioether (sulfide) groups is 1. The van der Waals surface area contributed by atoms with E-state index in [-0.39, 0.29) is 12.7 Å². The average molecular weight is 218 g/mol. The second-order valence-corrected chi connectivity index (χ2v) is 5.40. The van der Waals surface area contributed by atoms with Crippen molar-refractivity contribution < 1.29 is 10.2 Å². The van der Waals surface area contributed by atoms with Gasteiger partial charge in [0.25, 0.3) is 0 Å². The van der Waals surface area contributed by atoms with Crippen LogP contribution in [0.1, 0.15) is 39.0 Å². The summed E-state index contributed by atoms with van der Waals surface area (Å²) in [6.45, 7) is 2.43. The molecule has 3 atom stereocenters. The van der Waals surface area contributed by atoms with E-state index >= 15 is 0 Å². The first kappa shape index (κ1) is 12.3. The van der Waals surface area contributed by atoms with Crippen molar-refractivity contribution in [3.8, 4) is 0 Å². The molecule has 1 rings (SSSR count). The van der Waals surface area contributed by atoms with Crippen molar-refractivity contribution in [2.75, 3.05) is 12.4 Å². The van der Waals surface area contributed by atoms with Crippen molar-refractivity contribution in [3.05, 3.63) is 0 Å². The molecular formula is C11H22O2S. The fourth-order valence-corrected chi connectivity index (χ4v) is 3.53. The van der Waals surface area contributed by atoms with Gasteiger partial charge in [0.2, 0.25) is 0 Å². The maximum Gasteiger partial charge on any atom is 0.0579 e. The van der Waals surface area contributed by atoms with Crippen LogP contribution in [0.2, 0.25) is 0 Å². The van der Waals surface area contributed by atoms with Gasteiger partial charge in [0.05, 0.1) is 12.7 Å². The highest BCUT2D eigenvalue weighted by Crippen LogP contribution is 2.34. The number of aliphatic hydroxyl groups is 2. The van der Waals surface area contributed by atoms with E-state index in [0.717, 1.165) is 25.0 Å². The summed E-state index contributed by atoms with van der Waals surface area (Å²) in [5, 5.41) is 19.2. The molecule has 0 amide bonds. The van der Waals surface area contributed by atoms with Crippen LogP contribution in [-0.4, -0.2) is 33.9 Å². The van der Waals surface area contributed by atoms with Crippen molar-refractivity contribution in [1.82, 2.24) is 0 Å². The van der Waals surface area contributed by atoms with E-state index in [1.165, 1.54) is 12.8 Å². The summed E-state index contributed by atoms with van der Waals surface area (Å²) in [4.78, 5) is 0. The van der Waals surface area contributed by atoms with Crippen LogP contribution in [0.25, 0.3) is 0 Å². The standard InChI is InChI=1S/C11H22O2S/c1-2-11(14-8-7-12)9-5-3-4-6-10(9)13/h9-13H,2-8H2,1H3. The van der Waals surface area contributed by atoms with E-state index in [4.69, 9.17) is 5.11 Å². The number of rotatable bonds is 5. The van der Waals surface area contributed by atoms with Crippen molar-refractivity contribution in [2.24, 2.45) is 5.92 Å². The van der Waals surface area contributed by atoms with Gasteiger partial charge in [-0.3, -0.25) is 0 Å². The lowest BCUT2D eigenvalue weighted by Gasteiger charge is -2.33. The minimum Gasteiger partial charge on any atom is -0.396 e. The summed E-state index contributed by atoms with van der Waals surface area (Å²) in [6, 6.07) is 0. The van der Waals surface area contributed by atoms with Crippen LogP contribution >= 0.6 is 11.8 Å². The Bertz CT molecular complexity index is 152. The minimum absolute atomic E-state index is 0.0973. The van der Waals surface area contributed by atoms with Gasteiger partial charge in [-0.05, 0) is 25.2 Å². The summed E-state index contributed by atoms with van der Waals surface area (Å²) >= 11 is 1.82. The molecule has 2 nitrogen and oxygen atoms in total. The second-order valence-electron chi connectivity index (χ2n) is 4.06. The SMILES string of the molecule is CCC(SCCO)C1CCCCC1O. The Kier molecular flexibility index (Phi) is 5.90. The molecule has 0 aromatic rings. The quantitative estimate of drug-likeness (QED) is 0.742. The molecule has 84 valence electrons. The summed E-state index contributed by atoms with van der Waals surface area (Å²) in [6.07, 6.45) is 5.59. The molecule has 1 aliphatic carbocycles. The molecule has 1 aliphatic rings. The normalized spacial score (nSPS) is 30.2. The first-order valence-corrected chi connectivity index (χ1v) is 6.75. The topological polar surface area (TPSA) is 40.5 Å². The van der Waals surface area contributed by atoms with Gasteiger partial charge >= 0.3 is 0 Å². The van der Waals surface area contributed by atoms with Crippen molar-refractivity contribution in [3.63, 3.8) is 0 Å². The highest BCUT2D eigenvalue weighted by molar-refractivity contribution is 7.99. The van der Waals surface area contributed by atoms with Crippen molar-refractivity contribution >= 4 is 11.8 Å². The molecule has 0 radical (unpaired) electrons.